The lowest BCUT2D eigenvalue weighted by molar-refractivity contribution is 0.621. The smallest absolute Gasteiger partial charge is 0.143 e. The van der Waals surface area contributed by atoms with E-state index < -0.39 is 5.82 Å². The summed E-state index contributed by atoms with van der Waals surface area (Å²) in [7, 11) is 0. The van der Waals surface area contributed by atoms with Gasteiger partial charge in [0.15, 0.2) is 0 Å². The number of hydrogen-bond donors (Lipinski definition) is 0. The van der Waals surface area contributed by atoms with Crippen molar-refractivity contribution in [2.45, 2.75) is 13.8 Å². The standard InChI is InChI=1S/C20H15F2N3/c1-13-19(10-5-15-3-7-17(21)8-4-15)14(2)25(24-13)18-9-6-16(12-23)20(22)11-18/h3-11H,1-2H3/b10-5+. The first-order valence-corrected chi connectivity index (χ1v) is 7.69. The molecule has 5 heteroatoms. The second-order valence-electron chi connectivity index (χ2n) is 5.66. The van der Waals surface area contributed by atoms with E-state index in [0.29, 0.717) is 5.69 Å². The molecule has 1 heterocycles. The highest BCUT2D eigenvalue weighted by atomic mass is 19.1. The first kappa shape index (κ1) is 16.6. The van der Waals surface area contributed by atoms with Crippen LogP contribution in [-0.4, -0.2) is 9.78 Å². The minimum absolute atomic E-state index is 0.00158. The Morgan fingerprint density at radius 2 is 1.76 bits per heavy atom. The van der Waals surface area contributed by atoms with Crippen molar-refractivity contribution < 1.29 is 8.78 Å². The molecule has 3 rings (SSSR count). The van der Waals surface area contributed by atoms with Gasteiger partial charge in [0.05, 0.1) is 16.9 Å². The minimum Gasteiger partial charge on any atom is -0.237 e. The van der Waals surface area contributed by atoms with Crippen LogP contribution in [-0.2, 0) is 0 Å². The van der Waals surface area contributed by atoms with Crippen LogP contribution in [0.4, 0.5) is 8.78 Å². The molecule has 0 aliphatic rings. The van der Waals surface area contributed by atoms with E-state index in [0.717, 1.165) is 22.5 Å². The number of nitriles is 1. The molecule has 0 N–H and O–H groups in total. The zero-order valence-corrected chi connectivity index (χ0v) is 13.8. The van der Waals surface area contributed by atoms with Crippen molar-refractivity contribution in [1.82, 2.24) is 9.78 Å². The highest BCUT2D eigenvalue weighted by Crippen LogP contribution is 2.22. The third-order valence-electron chi connectivity index (χ3n) is 3.98. The molecule has 124 valence electrons. The van der Waals surface area contributed by atoms with Crippen molar-refractivity contribution in [3.63, 3.8) is 0 Å². The quantitative estimate of drug-likeness (QED) is 0.689. The van der Waals surface area contributed by atoms with E-state index in [1.807, 2.05) is 26.0 Å². The summed E-state index contributed by atoms with van der Waals surface area (Å²) < 4.78 is 28.5. The molecule has 25 heavy (non-hydrogen) atoms. The lowest BCUT2D eigenvalue weighted by atomic mass is 10.1. The van der Waals surface area contributed by atoms with Crippen LogP contribution in [0.3, 0.4) is 0 Å². The highest BCUT2D eigenvalue weighted by molar-refractivity contribution is 5.72. The zero-order chi connectivity index (χ0) is 18.0. The number of rotatable bonds is 3. The molecule has 0 spiro atoms. The fourth-order valence-corrected chi connectivity index (χ4v) is 2.63. The van der Waals surface area contributed by atoms with Gasteiger partial charge in [0.1, 0.15) is 17.7 Å². The van der Waals surface area contributed by atoms with Crippen molar-refractivity contribution in [1.29, 1.82) is 5.26 Å². The van der Waals surface area contributed by atoms with Crippen LogP contribution < -0.4 is 0 Å². The second-order valence-corrected chi connectivity index (χ2v) is 5.66. The molecular weight excluding hydrogens is 320 g/mol. The Balaban J connectivity index is 1.97. The Morgan fingerprint density at radius 3 is 2.40 bits per heavy atom. The SMILES string of the molecule is Cc1nn(-c2ccc(C#N)c(F)c2)c(C)c1/C=C/c1ccc(F)cc1. The maximum absolute atomic E-state index is 13.9. The van der Waals surface area contributed by atoms with Gasteiger partial charge in [0.2, 0.25) is 0 Å². The Kier molecular flexibility index (Phi) is 4.44. The van der Waals surface area contributed by atoms with Crippen molar-refractivity contribution in [2.24, 2.45) is 0 Å². The normalized spacial score (nSPS) is 11.0. The number of aryl methyl sites for hydroxylation is 1. The number of nitrogens with zero attached hydrogens (tertiary/aromatic N) is 3. The average Bonchev–Trinajstić information content (AvgIpc) is 2.89. The predicted octanol–water partition coefficient (Wildman–Crippen LogP) is 4.81. The van der Waals surface area contributed by atoms with Gasteiger partial charge in [-0.1, -0.05) is 24.3 Å². The molecule has 1 aromatic heterocycles. The van der Waals surface area contributed by atoms with Crippen LogP contribution in [0.2, 0.25) is 0 Å². The van der Waals surface area contributed by atoms with E-state index in [-0.39, 0.29) is 11.4 Å². The summed E-state index contributed by atoms with van der Waals surface area (Å²) in [5, 5.41) is 13.3. The van der Waals surface area contributed by atoms with Crippen molar-refractivity contribution >= 4 is 12.2 Å². The molecule has 0 amide bonds. The van der Waals surface area contributed by atoms with E-state index >= 15 is 0 Å². The molecule has 0 aliphatic carbocycles. The zero-order valence-electron chi connectivity index (χ0n) is 13.8. The van der Waals surface area contributed by atoms with E-state index in [9.17, 15) is 8.78 Å². The summed E-state index contributed by atoms with van der Waals surface area (Å²) in [6.45, 7) is 3.76. The fraction of sp³-hybridized carbons (Fsp3) is 0.100. The van der Waals surface area contributed by atoms with Gasteiger partial charge in [-0.3, -0.25) is 0 Å². The minimum atomic E-state index is -0.573. The molecule has 0 bridgehead atoms. The lowest BCUT2D eigenvalue weighted by Crippen LogP contribution is -2.00. The molecule has 0 saturated carbocycles. The summed E-state index contributed by atoms with van der Waals surface area (Å²) in [5.74, 6) is -0.851. The van der Waals surface area contributed by atoms with Crippen LogP contribution in [0.15, 0.2) is 42.5 Å². The second kappa shape index (κ2) is 6.70. The van der Waals surface area contributed by atoms with Gasteiger partial charge < -0.3 is 0 Å². The Bertz CT molecular complexity index is 993. The molecule has 3 aromatic rings. The number of aromatic nitrogens is 2. The van der Waals surface area contributed by atoms with Crippen molar-refractivity contribution in [3.8, 4) is 11.8 Å². The van der Waals surface area contributed by atoms with Gasteiger partial charge in [-0.25, -0.2) is 13.5 Å². The van der Waals surface area contributed by atoms with Gasteiger partial charge in [-0.2, -0.15) is 10.4 Å². The third kappa shape index (κ3) is 3.33. The van der Waals surface area contributed by atoms with Gasteiger partial charge in [-0.15, -0.1) is 0 Å². The molecule has 0 unspecified atom stereocenters. The van der Waals surface area contributed by atoms with E-state index in [2.05, 4.69) is 5.10 Å². The van der Waals surface area contributed by atoms with Crippen LogP contribution in [0.25, 0.3) is 17.8 Å². The lowest BCUT2D eigenvalue weighted by Gasteiger charge is -2.05. The molecular formula is C20H15F2N3. The predicted molar refractivity (Wildman–Crippen MR) is 93.0 cm³/mol. The monoisotopic (exact) mass is 335 g/mol. The van der Waals surface area contributed by atoms with Crippen LogP contribution >= 0.6 is 0 Å². The largest absolute Gasteiger partial charge is 0.237 e. The van der Waals surface area contributed by atoms with Gasteiger partial charge in [0, 0.05) is 17.3 Å². The first-order chi connectivity index (χ1) is 12.0. The van der Waals surface area contributed by atoms with Gasteiger partial charge in [0.25, 0.3) is 0 Å². The first-order valence-electron chi connectivity index (χ1n) is 7.69. The summed E-state index contributed by atoms with van der Waals surface area (Å²) in [6, 6.07) is 12.4. The van der Waals surface area contributed by atoms with Crippen LogP contribution in [0.5, 0.6) is 0 Å². The van der Waals surface area contributed by atoms with Gasteiger partial charge in [-0.05, 0) is 43.7 Å². The molecule has 3 nitrogen and oxygen atoms in total. The summed E-state index contributed by atoms with van der Waals surface area (Å²) >= 11 is 0. The van der Waals surface area contributed by atoms with Gasteiger partial charge >= 0.3 is 0 Å². The van der Waals surface area contributed by atoms with Crippen LogP contribution in [0, 0.1) is 36.8 Å². The number of benzene rings is 2. The van der Waals surface area contributed by atoms with Crippen LogP contribution in [0.1, 0.15) is 28.1 Å². The Hall–Kier alpha value is -3.26. The summed E-state index contributed by atoms with van der Waals surface area (Å²) in [6.07, 6.45) is 3.78. The number of hydrogen-bond acceptors (Lipinski definition) is 2. The summed E-state index contributed by atoms with van der Waals surface area (Å²) in [5.41, 5.74) is 3.98. The Labute approximate surface area is 144 Å². The Morgan fingerprint density at radius 1 is 1.04 bits per heavy atom. The van der Waals surface area contributed by atoms with E-state index in [1.165, 1.54) is 24.3 Å². The maximum Gasteiger partial charge on any atom is 0.143 e. The highest BCUT2D eigenvalue weighted by Gasteiger charge is 2.12. The number of halogens is 2. The maximum atomic E-state index is 13.9. The summed E-state index contributed by atoms with van der Waals surface area (Å²) in [4.78, 5) is 0. The van der Waals surface area contributed by atoms with Crippen molar-refractivity contribution in [3.05, 3.63) is 82.2 Å². The molecule has 0 radical (unpaired) electrons. The van der Waals surface area contributed by atoms with Crippen molar-refractivity contribution in [2.75, 3.05) is 0 Å². The fourth-order valence-electron chi connectivity index (χ4n) is 2.63. The third-order valence-corrected chi connectivity index (χ3v) is 3.98. The molecule has 0 aliphatic heterocycles. The molecule has 0 atom stereocenters. The molecule has 0 saturated heterocycles. The molecule has 0 fully saturated rings. The van der Waals surface area contributed by atoms with E-state index in [1.54, 1.807) is 29.0 Å². The average molecular weight is 335 g/mol. The topological polar surface area (TPSA) is 41.6 Å². The van der Waals surface area contributed by atoms with E-state index in [4.69, 9.17) is 5.26 Å². The molecule has 2 aromatic carbocycles.